The second kappa shape index (κ2) is 8.81. The summed E-state index contributed by atoms with van der Waals surface area (Å²) >= 11 is 6.00. The first-order valence-corrected chi connectivity index (χ1v) is 11.7. The summed E-state index contributed by atoms with van der Waals surface area (Å²) in [6, 6.07) is 11.1. The van der Waals surface area contributed by atoms with Gasteiger partial charge in [-0.1, -0.05) is 17.7 Å². The quantitative estimate of drug-likeness (QED) is 0.290. The summed E-state index contributed by atoms with van der Waals surface area (Å²) in [5.74, 6) is 0. The lowest BCUT2D eigenvalue weighted by atomic mass is 10.1. The molecule has 2 aromatic heterocycles. The summed E-state index contributed by atoms with van der Waals surface area (Å²) in [5.41, 5.74) is 2.42. The first-order chi connectivity index (χ1) is 15.7. The maximum Gasteiger partial charge on any atom is 0.294 e. The molecule has 0 radical (unpaired) electrons. The molecule has 0 aliphatic heterocycles. The van der Waals surface area contributed by atoms with Gasteiger partial charge in [0.25, 0.3) is 15.7 Å². The van der Waals surface area contributed by atoms with Crippen LogP contribution in [0, 0.1) is 17.0 Å². The van der Waals surface area contributed by atoms with Crippen LogP contribution in [-0.2, 0) is 16.6 Å². The van der Waals surface area contributed by atoms with Crippen molar-refractivity contribution in [1.29, 1.82) is 0 Å². The molecule has 0 spiro atoms. The monoisotopic (exact) mass is 485 g/mol. The van der Waals surface area contributed by atoms with Gasteiger partial charge in [-0.15, -0.1) is 0 Å². The zero-order valence-electron chi connectivity index (χ0n) is 17.7. The maximum atomic E-state index is 13.3. The number of halogens is 1. The Morgan fingerprint density at radius 3 is 2.67 bits per heavy atom. The minimum Gasteiger partial charge on any atom is -0.350 e. The molecule has 0 bridgehead atoms. The number of nitro benzene ring substituents is 1. The highest BCUT2D eigenvalue weighted by Crippen LogP contribution is 2.35. The molecule has 2 aromatic carbocycles. The molecule has 2 N–H and O–H groups in total. The van der Waals surface area contributed by atoms with Gasteiger partial charge in [-0.2, -0.15) is 0 Å². The predicted octanol–water partition coefficient (Wildman–Crippen LogP) is 4.61. The number of fused-ring (bicyclic) bond motifs is 1. The Kier molecular flexibility index (Phi) is 6.07. The number of hydrogen-bond donors (Lipinski definition) is 2. The summed E-state index contributed by atoms with van der Waals surface area (Å²) in [4.78, 5) is 15.0. The molecule has 9 nitrogen and oxygen atoms in total. The Hall–Kier alpha value is -3.47. The second-order valence-electron chi connectivity index (χ2n) is 7.41. The van der Waals surface area contributed by atoms with Crippen LogP contribution >= 0.6 is 11.6 Å². The van der Waals surface area contributed by atoms with Crippen molar-refractivity contribution in [2.24, 2.45) is 0 Å². The van der Waals surface area contributed by atoms with Crippen LogP contribution in [0.4, 0.5) is 17.1 Å². The van der Waals surface area contributed by atoms with Crippen molar-refractivity contribution in [2.45, 2.75) is 18.4 Å². The van der Waals surface area contributed by atoms with Crippen LogP contribution in [0.2, 0.25) is 5.02 Å². The molecule has 170 valence electrons. The average Bonchev–Trinajstić information content (AvgIpc) is 3.14. The molecule has 0 unspecified atom stereocenters. The number of aromatic nitrogens is 2. The number of anilines is 2. The molecule has 2 heterocycles. The topological polar surface area (TPSA) is 119 Å². The molecule has 0 amide bonds. The van der Waals surface area contributed by atoms with Crippen molar-refractivity contribution in [2.75, 3.05) is 12.4 Å². The Bertz CT molecular complexity index is 1470. The SMILES string of the molecule is CNCc1cn(S(=O)(=O)c2cccnc2)c2cc(Nc3c(C)cc(Cl)cc3[N+](=O)[O-])ccc12. The number of nitro groups is 1. The molecule has 11 heteroatoms. The van der Waals surface area contributed by atoms with Gasteiger partial charge in [0.1, 0.15) is 10.6 Å². The molecule has 0 saturated carbocycles. The van der Waals surface area contributed by atoms with Crippen molar-refractivity contribution >= 4 is 49.6 Å². The first kappa shape index (κ1) is 22.7. The van der Waals surface area contributed by atoms with Gasteiger partial charge in [-0.25, -0.2) is 12.4 Å². The van der Waals surface area contributed by atoms with E-state index >= 15 is 0 Å². The smallest absolute Gasteiger partial charge is 0.294 e. The molecule has 0 atom stereocenters. The van der Waals surface area contributed by atoms with Crippen LogP contribution in [0.15, 0.2) is 66.0 Å². The molecule has 0 fully saturated rings. The Labute approximate surface area is 195 Å². The van der Waals surface area contributed by atoms with Crippen LogP contribution in [0.25, 0.3) is 10.9 Å². The number of aryl methyl sites for hydroxylation is 1. The minimum atomic E-state index is -3.92. The Morgan fingerprint density at radius 2 is 2.00 bits per heavy atom. The Morgan fingerprint density at radius 1 is 1.21 bits per heavy atom. The normalized spacial score (nSPS) is 11.6. The van der Waals surface area contributed by atoms with E-state index in [1.165, 1.54) is 28.5 Å². The highest BCUT2D eigenvalue weighted by atomic mass is 35.5. The van der Waals surface area contributed by atoms with Crippen molar-refractivity contribution in [1.82, 2.24) is 14.3 Å². The van der Waals surface area contributed by atoms with Crippen LogP contribution in [-0.4, -0.2) is 29.3 Å². The summed E-state index contributed by atoms with van der Waals surface area (Å²) < 4.78 is 27.9. The van der Waals surface area contributed by atoms with Crippen LogP contribution in [0.5, 0.6) is 0 Å². The van der Waals surface area contributed by atoms with Crippen molar-refractivity contribution in [3.8, 4) is 0 Å². The van der Waals surface area contributed by atoms with Gasteiger partial charge in [0.15, 0.2) is 0 Å². The molecular formula is C22H20ClN5O4S. The van der Waals surface area contributed by atoms with Gasteiger partial charge in [-0.3, -0.25) is 15.1 Å². The van der Waals surface area contributed by atoms with Crippen LogP contribution in [0.1, 0.15) is 11.1 Å². The van der Waals surface area contributed by atoms with E-state index < -0.39 is 14.9 Å². The molecule has 4 aromatic rings. The van der Waals surface area contributed by atoms with Gasteiger partial charge in [-0.05, 0) is 55.4 Å². The third kappa shape index (κ3) is 4.28. The summed E-state index contributed by atoms with van der Waals surface area (Å²) in [6.07, 6.45) is 4.37. The molecule has 0 saturated heterocycles. The van der Waals surface area contributed by atoms with Crippen molar-refractivity contribution < 1.29 is 13.3 Å². The fourth-order valence-corrected chi connectivity index (χ4v) is 5.28. The summed E-state index contributed by atoms with van der Waals surface area (Å²) in [6.45, 7) is 2.17. The van der Waals surface area contributed by atoms with Crippen LogP contribution < -0.4 is 10.6 Å². The second-order valence-corrected chi connectivity index (χ2v) is 9.66. The van der Waals surface area contributed by atoms with E-state index in [9.17, 15) is 18.5 Å². The van der Waals surface area contributed by atoms with Crippen molar-refractivity contribution in [3.63, 3.8) is 0 Å². The largest absolute Gasteiger partial charge is 0.350 e. The highest BCUT2D eigenvalue weighted by Gasteiger charge is 2.23. The van der Waals surface area contributed by atoms with E-state index in [0.29, 0.717) is 23.3 Å². The van der Waals surface area contributed by atoms with E-state index in [1.807, 2.05) is 0 Å². The number of rotatable bonds is 7. The number of nitrogens with one attached hydrogen (secondary N) is 2. The maximum absolute atomic E-state index is 13.3. The average molecular weight is 486 g/mol. The molecular weight excluding hydrogens is 466 g/mol. The van der Waals surface area contributed by atoms with E-state index in [2.05, 4.69) is 15.6 Å². The van der Waals surface area contributed by atoms with E-state index in [0.717, 1.165) is 10.9 Å². The standard InChI is InChI=1S/C22H20ClN5O4S/c1-14-8-16(23)9-21(28(29)30)22(14)26-17-5-6-19-15(11-24-2)13-27(20(19)10-17)33(31,32)18-4-3-7-25-12-18/h3-10,12-13,24,26H,11H2,1-2H3. The van der Waals surface area contributed by atoms with E-state index in [4.69, 9.17) is 11.6 Å². The lowest BCUT2D eigenvalue weighted by molar-refractivity contribution is -0.383. The van der Waals surface area contributed by atoms with Crippen molar-refractivity contribution in [3.05, 3.63) is 87.3 Å². The lowest BCUT2D eigenvalue weighted by Gasteiger charge is -2.12. The summed E-state index contributed by atoms with van der Waals surface area (Å²) in [7, 11) is -2.14. The van der Waals surface area contributed by atoms with Gasteiger partial charge in [0.2, 0.25) is 0 Å². The van der Waals surface area contributed by atoms with Gasteiger partial charge >= 0.3 is 0 Å². The summed E-state index contributed by atoms with van der Waals surface area (Å²) in [5, 5.41) is 18.7. The zero-order valence-corrected chi connectivity index (χ0v) is 19.3. The predicted molar refractivity (Wildman–Crippen MR) is 128 cm³/mol. The van der Waals surface area contributed by atoms with Crippen LogP contribution in [0.3, 0.4) is 0 Å². The number of pyridine rings is 1. The Balaban J connectivity index is 1.88. The lowest BCUT2D eigenvalue weighted by Crippen LogP contribution is -2.12. The molecule has 0 aliphatic carbocycles. The third-order valence-electron chi connectivity index (χ3n) is 5.16. The number of nitrogens with zero attached hydrogens (tertiary/aromatic N) is 3. The minimum absolute atomic E-state index is 0.0560. The number of benzene rings is 2. The van der Waals surface area contributed by atoms with E-state index in [1.54, 1.807) is 50.5 Å². The fourth-order valence-electron chi connectivity index (χ4n) is 3.66. The van der Waals surface area contributed by atoms with Gasteiger partial charge in [0.05, 0.1) is 10.4 Å². The highest BCUT2D eigenvalue weighted by molar-refractivity contribution is 7.90. The third-order valence-corrected chi connectivity index (χ3v) is 7.03. The fraction of sp³-hybridized carbons (Fsp3) is 0.136. The van der Waals surface area contributed by atoms with E-state index in [-0.39, 0.29) is 21.3 Å². The molecule has 33 heavy (non-hydrogen) atoms. The van der Waals surface area contributed by atoms with Gasteiger partial charge < -0.3 is 10.6 Å². The number of hydrogen-bond acceptors (Lipinski definition) is 7. The first-order valence-electron chi connectivity index (χ1n) is 9.88. The zero-order chi connectivity index (χ0) is 23.8. The molecule has 4 rings (SSSR count). The molecule has 0 aliphatic rings. The van der Waals surface area contributed by atoms with Gasteiger partial charge in [0, 0.05) is 47.3 Å².